The first-order valence-corrected chi connectivity index (χ1v) is 8.77. The fraction of sp³-hybridized carbons (Fsp3) is 0.429. The van der Waals surface area contributed by atoms with E-state index in [1.165, 1.54) is 0 Å². The Morgan fingerprint density at radius 3 is 2.50 bits per heavy atom. The van der Waals surface area contributed by atoms with Gasteiger partial charge in [-0.25, -0.2) is 18.0 Å². The number of rotatable bonds is 4. The number of sulfone groups is 1. The van der Waals surface area contributed by atoms with Crippen LogP contribution in [0.4, 0.5) is 10.5 Å². The topological polar surface area (TPSA) is 102 Å². The molecule has 1 aromatic carbocycles. The maximum Gasteiger partial charge on any atom is 0.338 e. The van der Waals surface area contributed by atoms with Crippen molar-refractivity contribution in [3.63, 3.8) is 0 Å². The van der Waals surface area contributed by atoms with E-state index in [1.807, 2.05) is 0 Å². The fourth-order valence-corrected chi connectivity index (χ4v) is 3.84. The zero-order valence-corrected chi connectivity index (χ0v) is 13.0. The smallest absolute Gasteiger partial charge is 0.338 e. The second-order valence-electron chi connectivity index (χ2n) is 5.00. The minimum Gasteiger partial charge on any atom is -0.462 e. The van der Waals surface area contributed by atoms with Crippen molar-refractivity contribution < 1.29 is 22.7 Å². The SMILES string of the molecule is CCOC(=O)c1ccc(NC(=O)NC2CCS(=O)(=O)C2)cc1. The average Bonchev–Trinajstić information content (AvgIpc) is 2.78. The molecule has 2 amide bonds. The number of hydrogen-bond acceptors (Lipinski definition) is 5. The van der Waals surface area contributed by atoms with Crippen LogP contribution >= 0.6 is 0 Å². The molecule has 1 aliphatic heterocycles. The van der Waals surface area contributed by atoms with Crippen LogP contribution in [0.25, 0.3) is 0 Å². The lowest BCUT2D eigenvalue weighted by Crippen LogP contribution is -2.38. The van der Waals surface area contributed by atoms with Crippen molar-refractivity contribution in [2.75, 3.05) is 23.4 Å². The summed E-state index contributed by atoms with van der Waals surface area (Å²) in [5, 5.41) is 5.22. The van der Waals surface area contributed by atoms with Crippen molar-refractivity contribution >= 4 is 27.5 Å². The van der Waals surface area contributed by atoms with Crippen molar-refractivity contribution in [1.29, 1.82) is 0 Å². The first-order chi connectivity index (χ1) is 10.4. The van der Waals surface area contributed by atoms with Crippen molar-refractivity contribution in [2.24, 2.45) is 0 Å². The Balaban J connectivity index is 1.88. The molecule has 1 fully saturated rings. The summed E-state index contributed by atoms with van der Waals surface area (Å²) in [5.41, 5.74) is 0.904. The van der Waals surface area contributed by atoms with E-state index in [1.54, 1.807) is 31.2 Å². The van der Waals surface area contributed by atoms with Gasteiger partial charge in [0.05, 0.1) is 23.7 Å². The molecule has 7 nitrogen and oxygen atoms in total. The van der Waals surface area contributed by atoms with Crippen LogP contribution in [0.5, 0.6) is 0 Å². The zero-order valence-electron chi connectivity index (χ0n) is 12.2. The van der Waals surface area contributed by atoms with Gasteiger partial charge < -0.3 is 15.4 Å². The molecule has 0 aromatic heterocycles. The zero-order chi connectivity index (χ0) is 16.2. The standard InChI is InChI=1S/C14H18N2O5S/c1-2-21-13(17)10-3-5-11(6-4-10)15-14(18)16-12-7-8-22(19,20)9-12/h3-6,12H,2,7-9H2,1H3,(H2,15,16,18). The number of nitrogens with one attached hydrogen (secondary N) is 2. The third kappa shape index (κ3) is 4.45. The minimum absolute atomic E-state index is 0.0256. The molecule has 0 bridgehead atoms. The highest BCUT2D eigenvalue weighted by Gasteiger charge is 2.28. The van der Waals surface area contributed by atoms with E-state index < -0.39 is 21.8 Å². The summed E-state index contributed by atoms with van der Waals surface area (Å²) in [6, 6.07) is 5.44. The van der Waals surface area contributed by atoms with Gasteiger partial charge in [-0.15, -0.1) is 0 Å². The van der Waals surface area contributed by atoms with Crippen molar-refractivity contribution in [3.8, 4) is 0 Å². The third-order valence-corrected chi connectivity index (χ3v) is 4.99. The van der Waals surface area contributed by atoms with E-state index in [0.29, 0.717) is 24.3 Å². The van der Waals surface area contributed by atoms with Crippen LogP contribution in [-0.2, 0) is 14.6 Å². The molecule has 22 heavy (non-hydrogen) atoms. The molecular weight excluding hydrogens is 308 g/mol. The van der Waals surface area contributed by atoms with Gasteiger partial charge in [0, 0.05) is 11.7 Å². The van der Waals surface area contributed by atoms with Gasteiger partial charge in [0.25, 0.3) is 0 Å². The first-order valence-electron chi connectivity index (χ1n) is 6.95. The van der Waals surface area contributed by atoms with Crippen molar-refractivity contribution in [1.82, 2.24) is 5.32 Å². The Kier molecular flexibility index (Phi) is 5.02. The van der Waals surface area contributed by atoms with Crippen molar-refractivity contribution in [3.05, 3.63) is 29.8 Å². The molecular formula is C14H18N2O5S. The second kappa shape index (κ2) is 6.78. The Morgan fingerprint density at radius 2 is 1.95 bits per heavy atom. The van der Waals surface area contributed by atoms with Gasteiger partial charge in [0.15, 0.2) is 9.84 Å². The van der Waals surface area contributed by atoms with Crippen LogP contribution in [0.3, 0.4) is 0 Å². The van der Waals surface area contributed by atoms with E-state index in [0.717, 1.165) is 0 Å². The average molecular weight is 326 g/mol. The normalized spacial score (nSPS) is 19.4. The van der Waals surface area contributed by atoms with Gasteiger partial charge in [0.2, 0.25) is 0 Å². The molecule has 1 atom stereocenters. The van der Waals surface area contributed by atoms with E-state index in [-0.39, 0.29) is 17.5 Å². The molecule has 120 valence electrons. The van der Waals surface area contributed by atoms with Gasteiger partial charge in [-0.2, -0.15) is 0 Å². The summed E-state index contributed by atoms with van der Waals surface area (Å²) in [6.07, 6.45) is 0.428. The first kappa shape index (κ1) is 16.3. The third-order valence-electron chi connectivity index (χ3n) is 3.22. The predicted octanol–water partition coefficient (Wildman–Crippen LogP) is 1.17. The summed E-state index contributed by atoms with van der Waals surface area (Å²) in [5.74, 6) is -0.344. The highest BCUT2D eigenvalue weighted by Crippen LogP contribution is 2.13. The van der Waals surface area contributed by atoms with Crippen LogP contribution in [0.1, 0.15) is 23.7 Å². The highest BCUT2D eigenvalue weighted by molar-refractivity contribution is 7.91. The molecule has 0 radical (unpaired) electrons. The maximum absolute atomic E-state index is 11.8. The molecule has 2 N–H and O–H groups in total. The van der Waals surface area contributed by atoms with Gasteiger partial charge >= 0.3 is 12.0 Å². The quantitative estimate of drug-likeness (QED) is 0.809. The molecule has 0 saturated carbocycles. The van der Waals surface area contributed by atoms with Crippen LogP contribution in [0.2, 0.25) is 0 Å². The fourth-order valence-electron chi connectivity index (χ4n) is 2.17. The van der Waals surface area contributed by atoms with E-state index in [9.17, 15) is 18.0 Å². The van der Waals surface area contributed by atoms with E-state index in [2.05, 4.69) is 10.6 Å². The summed E-state index contributed by atoms with van der Waals surface area (Å²) >= 11 is 0. The number of anilines is 1. The maximum atomic E-state index is 11.8. The number of carbonyl (C=O) groups is 2. The number of hydrogen-bond donors (Lipinski definition) is 2. The molecule has 0 aliphatic carbocycles. The van der Waals surface area contributed by atoms with Crippen LogP contribution in [0.15, 0.2) is 24.3 Å². The number of amides is 2. The Labute approximate surface area is 129 Å². The molecule has 2 rings (SSSR count). The minimum atomic E-state index is -3.03. The van der Waals surface area contributed by atoms with Crippen LogP contribution < -0.4 is 10.6 Å². The summed E-state index contributed by atoms with van der Waals surface area (Å²) in [6.45, 7) is 2.02. The molecule has 1 unspecified atom stereocenters. The van der Waals surface area contributed by atoms with Crippen molar-refractivity contribution in [2.45, 2.75) is 19.4 Å². The second-order valence-corrected chi connectivity index (χ2v) is 7.22. The Morgan fingerprint density at radius 1 is 1.27 bits per heavy atom. The highest BCUT2D eigenvalue weighted by atomic mass is 32.2. The number of ether oxygens (including phenoxy) is 1. The van der Waals surface area contributed by atoms with Crippen LogP contribution in [-0.4, -0.2) is 44.6 Å². The van der Waals surface area contributed by atoms with Gasteiger partial charge in [-0.1, -0.05) is 0 Å². The lowest BCUT2D eigenvalue weighted by molar-refractivity contribution is 0.0526. The van der Waals surface area contributed by atoms with Gasteiger partial charge in [-0.3, -0.25) is 0 Å². The monoisotopic (exact) mass is 326 g/mol. The van der Waals surface area contributed by atoms with Gasteiger partial charge in [-0.05, 0) is 37.6 Å². The molecule has 1 heterocycles. The molecule has 1 saturated heterocycles. The summed E-state index contributed by atoms with van der Waals surface area (Å²) in [4.78, 5) is 23.3. The predicted molar refractivity (Wildman–Crippen MR) is 81.6 cm³/mol. The Bertz CT molecular complexity index is 654. The number of carbonyl (C=O) groups excluding carboxylic acids is 2. The molecule has 0 spiro atoms. The summed E-state index contributed by atoms with van der Waals surface area (Å²) < 4.78 is 27.5. The number of esters is 1. The molecule has 1 aromatic rings. The Hall–Kier alpha value is -2.09. The molecule has 1 aliphatic rings. The number of benzene rings is 1. The number of urea groups is 1. The largest absolute Gasteiger partial charge is 0.462 e. The van der Waals surface area contributed by atoms with Gasteiger partial charge in [0.1, 0.15) is 0 Å². The van der Waals surface area contributed by atoms with E-state index >= 15 is 0 Å². The van der Waals surface area contributed by atoms with Crippen LogP contribution in [0, 0.1) is 0 Å². The lowest BCUT2D eigenvalue weighted by atomic mass is 10.2. The van der Waals surface area contributed by atoms with E-state index in [4.69, 9.17) is 4.74 Å². The lowest BCUT2D eigenvalue weighted by Gasteiger charge is -2.12. The molecule has 8 heteroatoms. The summed E-state index contributed by atoms with van der Waals surface area (Å²) in [7, 11) is -3.03.